The number of ketones is 2. The Morgan fingerprint density at radius 2 is 1.00 bits per heavy atom. The molecule has 0 fully saturated rings. The van der Waals surface area contributed by atoms with E-state index in [2.05, 4.69) is 0 Å². The summed E-state index contributed by atoms with van der Waals surface area (Å²) >= 11 is 0. The summed E-state index contributed by atoms with van der Waals surface area (Å²) in [4.78, 5) is 24.9. The van der Waals surface area contributed by atoms with Crippen LogP contribution < -0.4 is 0 Å². The van der Waals surface area contributed by atoms with Gasteiger partial charge in [0, 0.05) is 11.1 Å². The lowest BCUT2D eigenvalue weighted by Gasteiger charge is -2.06. The molecule has 0 aromatic heterocycles. The first-order chi connectivity index (χ1) is 8.79. The number of rotatable bonds is 0. The first-order valence-corrected chi connectivity index (χ1v) is 6.05. The highest BCUT2D eigenvalue weighted by Gasteiger charge is 2.50. The molecular formula is C16H10O2. The van der Waals surface area contributed by atoms with Crippen LogP contribution in [0, 0.1) is 0 Å². The minimum Gasteiger partial charge on any atom is -0.293 e. The SMILES string of the molecule is O=C1c2ccccc2C2C(=O)c3ccccc3C12. The molecule has 2 nitrogen and oxygen atoms in total. The third kappa shape index (κ3) is 0.986. The zero-order chi connectivity index (χ0) is 12.3. The summed E-state index contributed by atoms with van der Waals surface area (Å²) in [5.41, 5.74) is 3.23. The number of hydrogen-bond donors (Lipinski definition) is 0. The van der Waals surface area contributed by atoms with E-state index in [1.54, 1.807) is 0 Å². The molecular weight excluding hydrogens is 224 g/mol. The third-order valence-electron chi connectivity index (χ3n) is 4.02. The van der Waals surface area contributed by atoms with Crippen LogP contribution in [0.25, 0.3) is 0 Å². The molecule has 0 radical (unpaired) electrons. The lowest BCUT2D eigenvalue weighted by Crippen LogP contribution is -2.09. The second-order valence-corrected chi connectivity index (χ2v) is 4.86. The van der Waals surface area contributed by atoms with Crippen molar-refractivity contribution in [3.05, 3.63) is 70.8 Å². The van der Waals surface area contributed by atoms with Gasteiger partial charge in [0.15, 0.2) is 11.6 Å². The Labute approximate surface area is 104 Å². The monoisotopic (exact) mass is 234 g/mol. The predicted octanol–water partition coefficient (Wildman–Crippen LogP) is 2.95. The molecule has 2 atom stereocenters. The van der Waals surface area contributed by atoms with E-state index in [1.165, 1.54) is 0 Å². The summed E-state index contributed by atoms with van der Waals surface area (Å²) in [5.74, 6) is -0.389. The first-order valence-electron chi connectivity index (χ1n) is 6.05. The van der Waals surface area contributed by atoms with E-state index in [1.807, 2.05) is 48.5 Å². The first kappa shape index (κ1) is 9.77. The number of carbonyl (C=O) groups is 2. The lowest BCUT2D eigenvalue weighted by molar-refractivity contribution is 0.0913. The maximum atomic E-state index is 12.4. The number of hydrogen-bond acceptors (Lipinski definition) is 2. The van der Waals surface area contributed by atoms with Gasteiger partial charge in [0.05, 0.1) is 11.8 Å². The topological polar surface area (TPSA) is 34.1 Å². The molecule has 4 rings (SSSR count). The number of benzene rings is 2. The standard InChI is InChI=1S/C16H10O2/c17-15-11-7-3-1-5-9(11)13-14(15)10-6-2-4-8-12(10)16(13)18/h1-8,13-14H. The average molecular weight is 234 g/mol. The zero-order valence-corrected chi connectivity index (χ0v) is 9.59. The molecule has 2 aromatic rings. The maximum absolute atomic E-state index is 12.4. The minimum atomic E-state index is -0.286. The molecule has 86 valence electrons. The van der Waals surface area contributed by atoms with Crippen LogP contribution >= 0.6 is 0 Å². The summed E-state index contributed by atoms with van der Waals surface area (Å²) in [7, 11) is 0. The zero-order valence-electron chi connectivity index (χ0n) is 9.59. The van der Waals surface area contributed by atoms with Crippen molar-refractivity contribution < 1.29 is 9.59 Å². The van der Waals surface area contributed by atoms with Gasteiger partial charge in [-0.2, -0.15) is 0 Å². The highest BCUT2D eigenvalue weighted by atomic mass is 16.1. The van der Waals surface area contributed by atoms with Crippen molar-refractivity contribution in [1.29, 1.82) is 0 Å². The Kier molecular flexibility index (Phi) is 1.72. The van der Waals surface area contributed by atoms with Crippen molar-refractivity contribution >= 4 is 11.6 Å². The fourth-order valence-corrected chi connectivity index (χ4v) is 3.26. The number of fused-ring (bicyclic) bond motifs is 5. The molecule has 0 N–H and O–H groups in total. The Morgan fingerprint density at radius 3 is 1.44 bits per heavy atom. The van der Waals surface area contributed by atoms with Crippen LogP contribution in [0.2, 0.25) is 0 Å². The minimum absolute atomic E-state index is 0.0916. The van der Waals surface area contributed by atoms with Crippen molar-refractivity contribution in [1.82, 2.24) is 0 Å². The van der Waals surface area contributed by atoms with Gasteiger partial charge in [0.2, 0.25) is 0 Å². The Morgan fingerprint density at radius 1 is 0.611 bits per heavy atom. The maximum Gasteiger partial charge on any atom is 0.171 e. The van der Waals surface area contributed by atoms with E-state index in [4.69, 9.17) is 0 Å². The molecule has 2 aliphatic rings. The van der Waals surface area contributed by atoms with Gasteiger partial charge < -0.3 is 0 Å². The number of Topliss-reactive ketones (excluding diaryl/α,β-unsaturated/α-hetero) is 2. The summed E-state index contributed by atoms with van der Waals surface area (Å²) in [6, 6.07) is 15.0. The van der Waals surface area contributed by atoms with Crippen molar-refractivity contribution in [3.8, 4) is 0 Å². The van der Waals surface area contributed by atoms with E-state index >= 15 is 0 Å². The summed E-state index contributed by atoms with van der Waals surface area (Å²) in [5, 5.41) is 0. The van der Waals surface area contributed by atoms with E-state index in [0.717, 1.165) is 22.3 Å². The van der Waals surface area contributed by atoms with Crippen LogP contribution in [-0.2, 0) is 0 Å². The fourth-order valence-electron chi connectivity index (χ4n) is 3.26. The van der Waals surface area contributed by atoms with Gasteiger partial charge in [0.25, 0.3) is 0 Å². The lowest BCUT2D eigenvalue weighted by atomic mass is 9.92. The Hall–Kier alpha value is -2.22. The summed E-state index contributed by atoms with van der Waals surface area (Å²) < 4.78 is 0. The van der Waals surface area contributed by atoms with E-state index in [-0.39, 0.29) is 23.4 Å². The van der Waals surface area contributed by atoms with Crippen LogP contribution in [0.4, 0.5) is 0 Å². The quantitative estimate of drug-likeness (QED) is 0.702. The summed E-state index contributed by atoms with van der Waals surface area (Å²) in [6.07, 6.45) is 0. The van der Waals surface area contributed by atoms with Crippen molar-refractivity contribution in [3.63, 3.8) is 0 Å². The Bertz CT molecular complexity index is 638. The molecule has 0 aliphatic heterocycles. The van der Waals surface area contributed by atoms with Crippen LogP contribution in [0.15, 0.2) is 48.5 Å². The van der Waals surface area contributed by atoms with Crippen LogP contribution in [0.3, 0.4) is 0 Å². The van der Waals surface area contributed by atoms with Crippen LogP contribution in [0.5, 0.6) is 0 Å². The fraction of sp³-hybridized carbons (Fsp3) is 0.125. The largest absolute Gasteiger partial charge is 0.293 e. The molecule has 18 heavy (non-hydrogen) atoms. The van der Waals surface area contributed by atoms with E-state index < -0.39 is 0 Å². The van der Waals surface area contributed by atoms with E-state index in [0.29, 0.717) is 0 Å². The van der Waals surface area contributed by atoms with Gasteiger partial charge in [-0.25, -0.2) is 0 Å². The third-order valence-corrected chi connectivity index (χ3v) is 4.02. The highest BCUT2D eigenvalue weighted by molar-refractivity contribution is 6.19. The van der Waals surface area contributed by atoms with Crippen molar-refractivity contribution in [2.45, 2.75) is 11.8 Å². The molecule has 0 spiro atoms. The Balaban J connectivity index is 2.01. The smallest absolute Gasteiger partial charge is 0.171 e. The molecule has 0 saturated heterocycles. The van der Waals surface area contributed by atoms with E-state index in [9.17, 15) is 9.59 Å². The van der Waals surface area contributed by atoms with Crippen molar-refractivity contribution in [2.75, 3.05) is 0 Å². The average Bonchev–Trinajstić information content (AvgIpc) is 2.87. The van der Waals surface area contributed by atoms with Gasteiger partial charge in [-0.15, -0.1) is 0 Å². The predicted molar refractivity (Wildman–Crippen MR) is 67.0 cm³/mol. The van der Waals surface area contributed by atoms with Gasteiger partial charge in [-0.05, 0) is 11.1 Å². The normalized spacial score (nSPS) is 23.8. The second-order valence-electron chi connectivity index (χ2n) is 4.86. The highest BCUT2D eigenvalue weighted by Crippen LogP contribution is 2.51. The molecule has 2 aromatic carbocycles. The van der Waals surface area contributed by atoms with Crippen molar-refractivity contribution in [2.24, 2.45) is 0 Å². The molecule has 0 amide bonds. The summed E-state index contributed by atoms with van der Waals surface area (Å²) in [6.45, 7) is 0. The molecule has 0 heterocycles. The van der Waals surface area contributed by atoms with Gasteiger partial charge >= 0.3 is 0 Å². The molecule has 0 bridgehead atoms. The molecule has 2 unspecified atom stereocenters. The van der Waals surface area contributed by atoms with Gasteiger partial charge in [-0.1, -0.05) is 48.5 Å². The van der Waals surface area contributed by atoms with Crippen LogP contribution in [-0.4, -0.2) is 11.6 Å². The molecule has 0 saturated carbocycles. The second kappa shape index (κ2) is 3.16. The van der Waals surface area contributed by atoms with Gasteiger partial charge in [-0.3, -0.25) is 9.59 Å². The van der Waals surface area contributed by atoms with Crippen LogP contribution in [0.1, 0.15) is 43.7 Å². The number of carbonyl (C=O) groups excluding carboxylic acids is 2. The van der Waals surface area contributed by atoms with Gasteiger partial charge in [0.1, 0.15) is 0 Å². The molecule has 2 heteroatoms. The molecule has 2 aliphatic carbocycles.